The molecule has 3 N–H and O–H groups in total. The van der Waals surface area contributed by atoms with Crippen molar-refractivity contribution in [1.82, 2.24) is 5.32 Å². The number of hydrogen-bond acceptors (Lipinski definition) is 4. The van der Waals surface area contributed by atoms with E-state index in [2.05, 4.69) is 5.32 Å². The Morgan fingerprint density at radius 3 is 2.38 bits per heavy atom. The summed E-state index contributed by atoms with van der Waals surface area (Å²) in [6.45, 7) is -0.0384. The van der Waals surface area contributed by atoms with Crippen molar-refractivity contribution in [1.29, 1.82) is 0 Å². The number of carbonyl (C=O) groups is 1. The quantitative estimate of drug-likeness (QED) is 0.584. The van der Waals surface area contributed by atoms with Crippen molar-refractivity contribution in [2.75, 3.05) is 18.1 Å². The van der Waals surface area contributed by atoms with Crippen LogP contribution in [-0.4, -0.2) is 38.4 Å². The zero-order valence-corrected chi connectivity index (χ0v) is 8.14. The van der Waals surface area contributed by atoms with Crippen molar-refractivity contribution >= 4 is 15.7 Å². The predicted molar refractivity (Wildman–Crippen MR) is 48.9 cm³/mol. The lowest BCUT2D eigenvalue weighted by molar-refractivity contribution is -0.120. The molecule has 76 valence electrons. The topological polar surface area (TPSA) is 89.3 Å². The Labute approximate surface area is 77.6 Å². The van der Waals surface area contributed by atoms with E-state index in [4.69, 9.17) is 5.73 Å². The summed E-state index contributed by atoms with van der Waals surface area (Å²) in [6, 6.07) is -0.0143. The molecule has 0 unspecified atom stereocenters. The molecule has 1 rings (SSSR count). The Balaban J connectivity index is 2.38. The number of carbonyl (C=O) groups excluding carboxylic acids is 1. The van der Waals surface area contributed by atoms with Gasteiger partial charge in [-0.15, -0.1) is 0 Å². The van der Waals surface area contributed by atoms with Crippen molar-refractivity contribution in [3.05, 3.63) is 0 Å². The molecular formula is C7H14N2O3S. The molecule has 0 spiro atoms. The zero-order chi connectivity index (χ0) is 9.90. The fourth-order valence-corrected chi connectivity index (χ4v) is 2.81. The molecule has 0 radical (unpaired) electrons. The first-order valence-electron chi connectivity index (χ1n) is 4.23. The van der Waals surface area contributed by atoms with Crippen molar-refractivity contribution in [3.63, 3.8) is 0 Å². The van der Waals surface area contributed by atoms with Gasteiger partial charge in [0.1, 0.15) is 9.84 Å². The molecule has 0 atom stereocenters. The average molecular weight is 206 g/mol. The molecule has 1 heterocycles. The molecule has 0 bridgehead atoms. The fourth-order valence-electron chi connectivity index (χ4n) is 1.32. The van der Waals surface area contributed by atoms with E-state index in [-0.39, 0.29) is 30.0 Å². The number of nitrogens with one attached hydrogen (secondary N) is 1. The van der Waals surface area contributed by atoms with E-state index in [0.717, 1.165) is 0 Å². The van der Waals surface area contributed by atoms with Gasteiger partial charge in [0.2, 0.25) is 5.91 Å². The standard InChI is InChI=1S/C7H14N2O3S/c8-5-7(10)9-6-1-3-13(11,12)4-2-6/h6H,1-5,8H2,(H,9,10). The van der Waals surface area contributed by atoms with Crippen LogP contribution in [0.3, 0.4) is 0 Å². The number of nitrogens with two attached hydrogens (primary N) is 1. The summed E-state index contributed by atoms with van der Waals surface area (Å²) in [5.41, 5.74) is 5.11. The predicted octanol–water partition coefficient (Wildman–Crippen LogP) is -1.36. The first-order valence-corrected chi connectivity index (χ1v) is 6.05. The second-order valence-corrected chi connectivity index (χ2v) is 5.50. The van der Waals surface area contributed by atoms with Gasteiger partial charge in [-0.25, -0.2) is 8.42 Å². The lowest BCUT2D eigenvalue weighted by Crippen LogP contribution is -2.43. The van der Waals surface area contributed by atoms with E-state index in [1.807, 2.05) is 0 Å². The van der Waals surface area contributed by atoms with Gasteiger partial charge in [0.15, 0.2) is 0 Å². The van der Waals surface area contributed by atoms with Crippen LogP contribution in [0.1, 0.15) is 12.8 Å². The van der Waals surface area contributed by atoms with Crippen molar-refractivity contribution in [3.8, 4) is 0 Å². The van der Waals surface area contributed by atoms with Gasteiger partial charge in [0, 0.05) is 6.04 Å². The monoisotopic (exact) mass is 206 g/mol. The Morgan fingerprint density at radius 1 is 1.38 bits per heavy atom. The van der Waals surface area contributed by atoms with Crippen LogP contribution < -0.4 is 11.1 Å². The molecule has 1 aliphatic rings. The SMILES string of the molecule is NCC(=O)NC1CCS(=O)(=O)CC1. The van der Waals surface area contributed by atoms with Crippen molar-refractivity contribution < 1.29 is 13.2 Å². The second kappa shape index (κ2) is 4.06. The minimum Gasteiger partial charge on any atom is -0.352 e. The first-order chi connectivity index (χ1) is 6.03. The summed E-state index contributed by atoms with van der Waals surface area (Å²) in [5.74, 6) is 0.120. The summed E-state index contributed by atoms with van der Waals surface area (Å²) in [4.78, 5) is 10.9. The number of rotatable bonds is 2. The average Bonchev–Trinajstić information content (AvgIpc) is 2.08. The molecule has 0 aromatic heterocycles. The third kappa shape index (κ3) is 3.31. The van der Waals surface area contributed by atoms with Crippen LogP contribution in [0.5, 0.6) is 0 Å². The molecular weight excluding hydrogens is 192 g/mol. The Hall–Kier alpha value is -0.620. The van der Waals surface area contributed by atoms with Gasteiger partial charge in [0.25, 0.3) is 0 Å². The molecule has 5 nitrogen and oxygen atoms in total. The largest absolute Gasteiger partial charge is 0.352 e. The highest BCUT2D eigenvalue weighted by Crippen LogP contribution is 2.11. The van der Waals surface area contributed by atoms with Crippen LogP contribution >= 0.6 is 0 Å². The Kier molecular flexibility index (Phi) is 3.27. The van der Waals surface area contributed by atoms with Crippen LogP contribution in [0.25, 0.3) is 0 Å². The summed E-state index contributed by atoms with van der Waals surface area (Å²) >= 11 is 0. The molecule has 0 aromatic rings. The highest BCUT2D eigenvalue weighted by molar-refractivity contribution is 7.91. The molecule has 0 aliphatic carbocycles. The summed E-state index contributed by atoms with van der Waals surface area (Å²) in [7, 11) is -2.84. The van der Waals surface area contributed by atoms with Crippen molar-refractivity contribution in [2.24, 2.45) is 5.73 Å². The fraction of sp³-hybridized carbons (Fsp3) is 0.857. The lowest BCUT2D eigenvalue weighted by atomic mass is 10.1. The Morgan fingerprint density at radius 2 is 1.92 bits per heavy atom. The normalized spacial score (nSPS) is 22.5. The van der Waals surface area contributed by atoms with Crippen LogP contribution in [0, 0.1) is 0 Å². The number of amides is 1. The number of hydrogen-bond donors (Lipinski definition) is 2. The summed E-state index contributed by atoms with van der Waals surface area (Å²) in [6.07, 6.45) is 1.02. The summed E-state index contributed by atoms with van der Waals surface area (Å²) < 4.78 is 22.0. The summed E-state index contributed by atoms with van der Waals surface area (Å²) in [5, 5.41) is 2.68. The zero-order valence-electron chi connectivity index (χ0n) is 7.32. The van der Waals surface area contributed by atoms with Crippen molar-refractivity contribution in [2.45, 2.75) is 18.9 Å². The lowest BCUT2D eigenvalue weighted by Gasteiger charge is -2.22. The van der Waals surface area contributed by atoms with Gasteiger partial charge in [-0.05, 0) is 12.8 Å². The van der Waals surface area contributed by atoms with E-state index < -0.39 is 9.84 Å². The smallest absolute Gasteiger partial charge is 0.233 e. The van der Waals surface area contributed by atoms with Gasteiger partial charge in [0.05, 0.1) is 18.1 Å². The minimum absolute atomic E-state index is 0.0143. The molecule has 0 aromatic carbocycles. The first kappa shape index (κ1) is 10.5. The third-order valence-corrected chi connectivity index (χ3v) is 3.82. The maximum Gasteiger partial charge on any atom is 0.233 e. The molecule has 1 saturated heterocycles. The van der Waals surface area contributed by atoms with Gasteiger partial charge in [-0.2, -0.15) is 0 Å². The van der Waals surface area contributed by atoms with Crippen LogP contribution in [0.4, 0.5) is 0 Å². The van der Waals surface area contributed by atoms with Gasteiger partial charge in [-0.1, -0.05) is 0 Å². The maximum absolute atomic E-state index is 11.0. The van der Waals surface area contributed by atoms with E-state index in [0.29, 0.717) is 12.8 Å². The van der Waals surface area contributed by atoms with Crippen LogP contribution in [0.2, 0.25) is 0 Å². The molecule has 1 aliphatic heterocycles. The molecule has 1 fully saturated rings. The van der Waals surface area contributed by atoms with Crippen LogP contribution in [0.15, 0.2) is 0 Å². The minimum atomic E-state index is -2.84. The van der Waals surface area contributed by atoms with Crippen LogP contribution in [-0.2, 0) is 14.6 Å². The van der Waals surface area contributed by atoms with Gasteiger partial charge >= 0.3 is 0 Å². The highest BCUT2D eigenvalue weighted by atomic mass is 32.2. The maximum atomic E-state index is 11.0. The van der Waals surface area contributed by atoms with Gasteiger partial charge in [-0.3, -0.25) is 4.79 Å². The Bertz CT molecular complexity index is 272. The molecule has 6 heteroatoms. The molecule has 13 heavy (non-hydrogen) atoms. The van der Waals surface area contributed by atoms with E-state index >= 15 is 0 Å². The second-order valence-electron chi connectivity index (χ2n) is 3.20. The highest BCUT2D eigenvalue weighted by Gasteiger charge is 2.23. The molecule has 1 amide bonds. The third-order valence-electron chi connectivity index (χ3n) is 2.11. The van der Waals surface area contributed by atoms with E-state index in [1.54, 1.807) is 0 Å². The van der Waals surface area contributed by atoms with Gasteiger partial charge < -0.3 is 11.1 Å². The molecule has 0 saturated carbocycles. The van der Waals surface area contributed by atoms with E-state index in [9.17, 15) is 13.2 Å². The van der Waals surface area contributed by atoms with E-state index in [1.165, 1.54) is 0 Å². The number of sulfone groups is 1.